The molecule has 0 saturated carbocycles. The van der Waals surface area contributed by atoms with Crippen molar-refractivity contribution < 1.29 is 9.53 Å². The number of aromatic amines is 1. The number of ether oxygens (including phenoxy) is 1. The summed E-state index contributed by atoms with van der Waals surface area (Å²) in [7, 11) is 0. The van der Waals surface area contributed by atoms with E-state index < -0.39 is 0 Å². The van der Waals surface area contributed by atoms with E-state index in [-0.39, 0.29) is 17.2 Å². The van der Waals surface area contributed by atoms with Crippen LogP contribution in [-0.4, -0.2) is 33.4 Å². The molecule has 2 aromatic carbocycles. The minimum absolute atomic E-state index is 0.0864. The first-order valence-corrected chi connectivity index (χ1v) is 9.78. The third-order valence-electron chi connectivity index (χ3n) is 3.76. The number of aromatic nitrogens is 3. The number of hydrogen-bond donors (Lipinski definition) is 2. The molecule has 28 heavy (non-hydrogen) atoms. The molecule has 2 N–H and O–H groups in total. The quantitative estimate of drug-likeness (QED) is 0.568. The van der Waals surface area contributed by atoms with Crippen LogP contribution in [0.25, 0.3) is 0 Å². The van der Waals surface area contributed by atoms with Crippen LogP contribution in [0.2, 0.25) is 0 Å². The maximum atomic E-state index is 12.2. The summed E-state index contributed by atoms with van der Waals surface area (Å²) in [6.07, 6.45) is 0.406. The molecule has 0 saturated heterocycles. The van der Waals surface area contributed by atoms with Crippen LogP contribution >= 0.6 is 11.8 Å². The largest absolute Gasteiger partial charge is 0.492 e. The van der Waals surface area contributed by atoms with Crippen molar-refractivity contribution in [1.82, 2.24) is 15.2 Å². The first-order chi connectivity index (χ1) is 13.7. The summed E-state index contributed by atoms with van der Waals surface area (Å²) >= 11 is 1.11. The molecule has 1 heterocycles. The summed E-state index contributed by atoms with van der Waals surface area (Å²) in [5.41, 5.74) is 1.62. The van der Waals surface area contributed by atoms with Crippen LogP contribution in [0.5, 0.6) is 5.75 Å². The molecular weight excluding hydrogens is 376 g/mol. The van der Waals surface area contributed by atoms with Crippen LogP contribution in [0.1, 0.15) is 18.2 Å². The van der Waals surface area contributed by atoms with Gasteiger partial charge in [-0.2, -0.15) is 0 Å². The highest BCUT2D eigenvalue weighted by Gasteiger charge is 2.11. The molecule has 8 heteroatoms. The molecule has 0 aliphatic carbocycles. The molecule has 3 aromatic rings. The van der Waals surface area contributed by atoms with Crippen LogP contribution in [-0.2, 0) is 11.2 Å². The standard InChI is InChI=1S/C20H20N4O3S/c1-2-27-17-11-7-6-10-15(17)21-18(25)13-28-20-22-19(26)16(23-24-20)12-14-8-4-3-5-9-14/h3-11H,2,12-13H2,1H3,(H,21,25)(H,22,24,26). The van der Waals surface area contributed by atoms with Gasteiger partial charge in [0.25, 0.3) is 5.56 Å². The number of carbonyl (C=O) groups excluding carboxylic acids is 1. The van der Waals surface area contributed by atoms with E-state index >= 15 is 0 Å². The van der Waals surface area contributed by atoms with Gasteiger partial charge in [0.2, 0.25) is 5.91 Å². The van der Waals surface area contributed by atoms with E-state index in [4.69, 9.17) is 4.74 Å². The number of H-pyrrole nitrogens is 1. The van der Waals surface area contributed by atoms with Crippen LogP contribution in [0.3, 0.4) is 0 Å². The molecule has 3 rings (SSSR count). The predicted octanol–water partition coefficient (Wildman–Crippen LogP) is 2.89. The number of anilines is 1. The number of nitrogens with zero attached hydrogens (tertiary/aromatic N) is 2. The Hall–Kier alpha value is -3.13. The number of nitrogens with one attached hydrogen (secondary N) is 2. The van der Waals surface area contributed by atoms with Crippen molar-refractivity contribution in [2.75, 3.05) is 17.7 Å². The smallest absolute Gasteiger partial charge is 0.273 e. The zero-order valence-corrected chi connectivity index (χ0v) is 16.2. The minimum Gasteiger partial charge on any atom is -0.492 e. The normalized spacial score (nSPS) is 10.5. The Kier molecular flexibility index (Phi) is 6.80. The Labute approximate surface area is 166 Å². The van der Waals surface area contributed by atoms with Crippen molar-refractivity contribution in [3.05, 3.63) is 76.2 Å². The summed E-state index contributed by atoms with van der Waals surface area (Å²) in [6.45, 7) is 2.39. The van der Waals surface area contributed by atoms with Crippen molar-refractivity contribution in [3.63, 3.8) is 0 Å². The first kappa shape index (κ1) is 19.6. The molecule has 144 valence electrons. The lowest BCUT2D eigenvalue weighted by Gasteiger charge is -2.10. The number of amides is 1. The summed E-state index contributed by atoms with van der Waals surface area (Å²) in [5.74, 6) is 0.471. The maximum Gasteiger partial charge on any atom is 0.273 e. The topological polar surface area (TPSA) is 97.0 Å². The Morgan fingerprint density at radius 1 is 1.11 bits per heavy atom. The SMILES string of the molecule is CCOc1ccccc1NC(=O)CSc1nnc(Cc2ccccc2)c(=O)[nH]1. The molecule has 0 atom stereocenters. The fourth-order valence-electron chi connectivity index (χ4n) is 2.49. The van der Waals surface area contributed by atoms with Gasteiger partial charge in [0.05, 0.1) is 18.0 Å². The van der Waals surface area contributed by atoms with Crippen LogP contribution < -0.4 is 15.6 Å². The Morgan fingerprint density at radius 3 is 2.61 bits per heavy atom. The van der Waals surface area contributed by atoms with Gasteiger partial charge >= 0.3 is 0 Å². The second-order valence-electron chi connectivity index (χ2n) is 5.83. The van der Waals surface area contributed by atoms with E-state index in [9.17, 15) is 9.59 Å². The molecule has 0 aliphatic rings. The number of rotatable bonds is 8. The third-order valence-corrected chi connectivity index (χ3v) is 4.62. The zero-order valence-electron chi connectivity index (χ0n) is 15.3. The second-order valence-corrected chi connectivity index (χ2v) is 6.80. The summed E-state index contributed by atoms with van der Waals surface area (Å²) in [5, 5.41) is 11.1. The highest BCUT2D eigenvalue weighted by molar-refractivity contribution is 7.99. The molecule has 0 aliphatic heterocycles. The molecule has 0 bridgehead atoms. The highest BCUT2D eigenvalue weighted by atomic mass is 32.2. The maximum absolute atomic E-state index is 12.2. The number of thioether (sulfide) groups is 1. The average Bonchev–Trinajstić information content (AvgIpc) is 2.71. The van der Waals surface area contributed by atoms with Crippen LogP contribution in [0.15, 0.2) is 64.5 Å². The molecular formula is C20H20N4O3S. The molecule has 0 unspecified atom stereocenters. The third kappa shape index (κ3) is 5.43. The van der Waals surface area contributed by atoms with E-state index in [0.29, 0.717) is 35.3 Å². The van der Waals surface area contributed by atoms with Crippen molar-refractivity contribution in [1.29, 1.82) is 0 Å². The fraction of sp³-hybridized carbons (Fsp3) is 0.200. The van der Waals surface area contributed by atoms with Gasteiger partial charge in [-0.25, -0.2) is 0 Å². The first-order valence-electron chi connectivity index (χ1n) is 8.80. The average molecular weight is 396 g/mol. The van der Waals surface area contributed by atoms with Crippen molar-refractivity contribution >= 4 is 23.4 Å². The summed E-state index contributed by atoms with van der Waals surface area (Å²) < 4.78 is 5.49. The fourth-order valence-corrected chi connectivity index (χ4v) is 3.09. The van der Waals surface area contributed by atoms with Crippen molar-refractivity contribution in [2.24, 2.45) is 0 Å². The molecule has 7 nitrogen and oxygen atoms in total. The van der Waals surface area contributed by atoms with E-state index in [1.54, 1.807) is 12.1 Å². The molecule has 1 aromatic heterocycles. The molecule has 1 amide bonds. The summed E-state index contributed by atoms with van der Waals surface area (Å²) in [4.78, 5) is 27.1. The predicted molar refractivity (Wildman–Crippen MR) is 109 cm³/mol. The highest BCUT2D eigenvalue weighted by Crippen LogP contribution is 2.24. The summed E-state index contributed by atoms with van der Waals surface area (Å²) in [6, 6.07) is 16.8. The van der Waals surface area contributed by atoms with Gasteiger partial charge in [0, 0.05) is 6.42 Å². The zero-order chi connectivity index (χ0) is 19.8. The number of hydrogen-bond acceptors (Lipinski definition) is 6. The van der Waals surface area contributed by atoms with E-state index in [0.717, 1.165) is 17.3 Å². The lowest BCUT2D eigenvalue weighted by molar-refractivity contribution is -0.113. The monoisotopic (exact) mass is 396 g/mol. The van der Waals surface area contributed by atoms with Gasteiger partial charge in [-0.05, 0) is 24.6 Å². The van der Waals surface area contributed by atoms with Gasteiger partial charge in [-0.15, -0.1) is 10.2 Å². The number of benzene rings is 2. The van der Waals surface area contributed by atoms with Gasteiger partial charge in [0.1, 0.15) is 11.4 Å². The molecule has 0 fully saturated rings. The van der Waals surface area contributed by atoms with Crippen LogP contribution in [0.4, 0.5) is 5.69 Å². The van der Waals surface area contributed by atoms with Gasteiger partial charge < -0.3 is 10.1 Å². The van der Waals surface area contributed by atoms with Crippen LogP contribution in [0, 0.1) is 0 Å². The lowest BCUT2D eigenvalue weighted by atomic mass is 10.1. The number of para-hydroxylation sites is 2. The van der Waals surface area contributed by atoms with E-state index in [1.807, 2.05) is 49.4 Å². The molecule has 0 radical (unpaired) electrons. The number of carbonyl (C=O) groups is 1. The second kappa shape index (κ2) is 9.70. The minimum atomic E-state index is -0.302. The molecule has 0 spiro atoms. The Bertz CT molecular complexity index is 992. The Morgan fingerprint density at radius 2 is 1.86 bits per heavy atom. The van der Waals surface area contributed by atoms with Gasteiger partial charge in [0.15, 0.2) is 5.16 Å². The van der Waals surface area contributed by atoms with Crippen molar-refractivity contribution in [3.8, 4) is 5.75 Å². The van der Waals surface area contributed by atoms with E-state index in [1.165, 1.54) is 0 Å². The Balaban J connectivity index is 1.58. The van der Waals surface area contributed by atoms with Gasteiger partial charge in [-0.1, -0.05) is 54.2 Å². The van der Waals surface area contributed by atoms with E-state index in [2.05, 4.69) is 20.5 Å². The van der Waals surface area contributed by atoms with Gasteiger partial charge in [-0.3, -0.25) is 14.6 Å². The lowest BCUT2D eigenvalue weighted by Crippen LogP contribution is -2.19. The van der Waals surface area contributed by atoms with Crippen molar-refractivity contribution in [2.45, 2.75) is 18.5 Å².